The predicted molar refractivity (Wildman–Crippen MR) is 151 cm³/mol. The number of aliphatic hydroxyl groups excluding tert-OH is 1. The van der Waals surface area contributed by atoms with E-state index in [4.69, 9.17) is 13.9 Å². The minimum atomic E-state index is -3.88. The second-order valence-corrected chi connectivity index (χ2v) is 13.1. The monoisotopic (exact) mass is 546 g/mol. The van der Waals surface area contributed by atoms with Gasteiger partial charge in [-0.25, -0.2) is 18.4 Å². The van der Waals surface area contributed by atoms with Crippen LogP contribution in [0.2, 0.25) is 0 Å². The van der Waals surface area contributed by atoms with E-state index in [-0.39, 0.29) is 42.7 Å². The summed E-state index contributed by atoms with van der Waals surface area (Å²) in [6.07, 6.45) is -0.121. The number of hydrogen-bond donors (Lipinski definition) is 1. The van der Waals surface area contributed by atoms with Crippen molar-refractivity contribution >= 4 is 58.4 Å². The number of aryl methyl sites for hydroxylation is 1. The second kappa shape index (κ2) is 8.64. The van der Waals surface area contributed by atoms with Crippen LogP contribution in [0.5, 0.6) is 11.6 Å². The van der Waals surface area contributed by atoms with Crippen LogP contribution in [-0.4, -0.2) is 107 Å². The molecule has 3 aliphatic rings. The van der Waals surface area contributed by atoms with Crippen molar-refractivity contribution in [2.75, 3.05) is 26.2 Å². The van der Waals surface area contributed by atoms with E-state index in [9.17, 15) is 18.3 Å². The van der Waals surface area contributed by atoms with E-state index in [0.717, 1.165) is 11.1 Å². The van der Waals surface area contributed by atoms with Gasteiger partial charge in [0.25, 0.3) is 11.8 Å². The summed E-state index contributed by atoms with van der Waals surface area (Å²) in [6, 6.07) is 6.55. The number of amides is 1. The van der Waals surface area contributed by atoms with Crippen molar-refractivity contribution in [1.29, 1.82) is 0 Å². The van der Waals surface area contributed by atoms with E-state index in [1.54, 1.807) is 30.0 Å². The quantitative estimate of drug-likeness (QED) is 0.269. The number of benzene rings is 1. The zero-order valence-electron chi connectivity index (χ0n) is 22.4. The van der Waals surface area contributed by atoms with E-state index >= 15 is 0 Å². The van der Waals surface area contributed by atoms with Gasteiger partial charge in [-0.15, -0.1) is 0 Å². The molecule has 39 heavy (non-hydrogen) atoms. The van der Waals surface area contributed by atoms with Crippen LogP contribution < -0.4 is 9.47 Å². The molecule has 0 bridgehead atoms. The van der Waals surface area contributed by atoms with Gasteiger partial charge < -0.3 is 23.9 Å². The minimum absolute atomic E-state index is 0.0147. The maximum absolute atomic E-state index is 13.5. The number of carbonyl (C=O) groups excluding carboxylic acids is 1. The largest absolute Gasteiger partial charge is 0.498 e. The SMILES string of the molecule is BC1(B)Oc2cc(S(=O)(=O)N3CC4=C(CN(C(=O)C(O)c5cccc6oc(C)nc56)C4)C3)cnc2OC1(B)B. The average molecular weight is 546 g/mol. The Hall–Kier alpha value is -3.22. The molecule has 0 saturated carbocycles. The molecule has 1 atom stereocenters. The number of para-hydroxylation sites is 1. The fraction of sp³-hybridized carbons (Fsp3) is 0.348. The molecule has 0 spiro atoms. The molecule has 3 aromatic rings. The number of aliphatic hydroxyl groups is 1. The molecule has 0 aliphatic carbocycles. The minimum Gasteiger partial charge on any atom is -0.498 e. The fourth-order valence-electron chi connectivity index (χ4n) is 5.10. The van der Waals surface area contributed by atoms with Crippen LogP contribution in [0.1, 0.15) is 17.6 Å². The third kappa shape index (κ3) is 4.16. The van der Waals surface area contributed by atoms with Gasteiger partial charge in [-0.05, 0) is 17.2 Å². The molecule has 1 aromatic carbocycles. The molecule has 1 amide bonds. The standard InChI is InChI=1S/C23H26B4N4O7S/c1-11-29-18-15(3-2-4-16(18)36-11)19(32)21(33)30-7-12-9-31(10-13(12)8-30)39(34,35)14-5-17-20(28-6-14)38-23(26,27)22(24,25)37-17/h2-6,19,32H,7-10,24-27H2,1H3. The zero-order chi connectivity index (χ0) is 27.9. The van der Waals surface area contributed by atoms with Gasteiger partial charge in [0.1, 0.15) is 41.8 Å². The van der Waals surface area contributed by atoms with Crippen molar-refractivity contribution in [2.45, 2.75) is 28.7 Å². The maximum atomic E-state index is 13.5. The summed E-state index contributed by atoms with van der Waals surface area (Å²) in [6.45, 7) is 2.50. The summed E-state index contributed by atoms with van der Waals surface area (Å²) >= 11 is 0. The van der Waals surface area contributed by atoms with Crippen molar-refractivity contribution in [3.05, 3.63) is 53.1 Å². The van der Waals surface area contributed by atoms with Crippen LogP contribution in [0.3, 0.4) is 0 Å². The number of nitrogens with zero attached hydrogens (tertiary/aromatic N) is 4. The molecule has 0 fully saturated rings. The Bertz CT molecular complexity index is 1660. The molecule has 0 saturated heterocycles. The van der Waals surface area contributed by atoms with Crippen LogP contribution in [0.25, 0.3) is 11.1 Å². The second-order valence-electron chi connectivity index (χ2n) is 11.2. The molecular weight excluding hydrogens is 520 g/mol. The summed E-state index contributed by atoms with van der Waals surface area (Å²) in [7, 11) is 3.66. The smallest absolute Gasteiger partial charge is 0.256 e. The first-order chi connectivity index (χ1) is 18.3. The number of pyridine rings is 1. The lowest BCUT2D eigenvalue weighted by Gasteiger charge is -2.46. The van der Waals surface area contributed by atoms with Crippen LogP contribution >= 0.6 is 0 Å². The van der Waals surface area contributed by atoms with E-state index in [0.29, 0.717) is 22.6 Å². The fourth-order valence-corrected chi connectivity index (χ4v) is 6.49. The van der Waals surface area contributed by atoms with Gasteiger partial charge in [0.15, 0.2) is 23.3 Å². The highest BCUT2D eigenvalue weighted by Gasteiger charge is 2.46. The number of fused-ring (bicyclic) bond motifs is 2. The van der Waals surface area contributed by atoms with Crippen molar-refractivity contribution < 1.29 is 32.2 Å². The molecule has 1 N–H and O–H groups in total. The topological polar surface area (TPSA) is 135 Å². The Balaban J connectivity index is 1.15. The van der Waals surface area contributed by atoms with E-state index in [1.807, 2.05) is 31.4 Å². The van der Waals surface area contributed by atoms with Crippen LogP contribution in [-0.2, 0) is 14.8 Å². The number of oxazole rings is 1. The Kier molecular flexibility index (Phi) is 5.76. The summed E-state index contributed by atoms with van der Waals surface area (Å²) in [5, 5.41) is 9.55. The van der Waals surface area contributed by atoms with Gasteiger partial charge in [-0.2, -0.15) is 4.31 Å². The number of sulfonamides is 1. The third-order valence-electron chi connectivity index (χ3n) is 7.99. The number of hydrogen-bond acceptors (Lipinski definition) is 9. The first-order valence-corrected chi connectivity index (χ1v) is 14.1. The van der Waals surface area contributed by atoms with Gasteiger partial charge in [0, 0.05) is 44.7 Å². The van der Waals surface area contributed by atoms with Gasteiger partial charge in [0.2, 0.25) is 10.0 Å². The molecule has 2 aromatic heterocycles. The lowest BCUT2D eigenvalue weighted by Crippen LogP contribution is -2.65. The molecular formula is C23H26B4N4O7S. The lowest BCUT2D eigenvalue weighted by molar-refractivity contribution is -0.139. The molecule has 11 nitrogen and oxygen atoms in total. The summed E-state index contributed by atoms with van der Waals surface area (Å²) in [5.74, 6) is 0.516. The molecule has 1 unspecified atom stereocenters. The number of ether oxygens (including phenoxy) is 2. The van der Waals surface area contributed by atoms with Gasteiger partial charge in [-0.1, -0.05) is 12.1 Å². The third-order valence-corrected chi connectivity index (χ3v) is 9.75. The Morgan fingerprint density at radius 3 is 2.44 bits per heavy atom. The van der Waals surface area contributed by atoms with E-state index in [1.165, 1.54) is 16.6 Å². The van der Waals surface area contributed by atoms with Gasteiger partial charge in [-0.3, -0.25) is 4.79 Å². The van der Waals surface area contributed by atoms with Gasteiger partial charge in [0.05, 0.1) is 17.0 Å². The molecule has 198 valence electrons. The maximum Gasteiger partial charge on any atom is 0.256 e. The Morgan fingerprint density at radius 1 is 1.08 bits per heavy atom. The number of carbonyl (C=O) groups is 1. The van der Waals surface area contributed by atoms with Crippen molar-refractivity contribution in [1.82, 2.24) is 19.2 Å². The van der Waals surface area contributed by atoms with Crippen LogP contribution in [0.15, 0.2) is 50.9 Å². The summed E-state index contributed by atoms with van der Waals surface area (Å²) in [4.78, 5) is 23.3. The molecule has 6 rings (SSSR count). The van der Waals surface area contributed by atoms with Crippen molar-refractivity contribution in [2.24, 2.45) is 0 Å². The van der Waals surface area contributed by atoms with Crippen LogP contribution in [0.4, 0.5) is 0 Å². The van der Waals surface area contributed by atoms with Crippen LogP contribution in [0, 0.1) is 6.92 Å². The molecule has 0 radical (unpaired) electrons. The zero-order valence-corrected chi connectivity index (χ0v) is 23.2. The normalized spacial score (nSPS) is 20.8. The highest BCUT2D eigenvalue weighted by molar-refractivity contribution is 7.89. The molecule has 16 heteroatoms. The average Bonchev–Trinajstić information content (AvgIpc) is 3.55. The summed E-state index contributed by atoms with van der Waals surface area (Å²) < 4.78 is 45.9. The highest BCUT2D eigenvalue weighted by atomic mass is 32.2. The lowest BCUT2D eigenvalue weighted by atomic mass is 9.41. The van der Waals surface area contributed by atoms with Crippen molar-refractivity contribution in [3.8, 4) is 11.6 Å². The van der Waals surface area contributed by atoms with E-state index < -0.39 is 32.8 Å². The van der Waals surface area contributed by atoms with Gasteiger partial charge >= 0.3 is 0 Å². The van der Waals surface area contributed by atoms with Crippen molar-refractivity contribution in [3.63, 3.8) is 0 Å². The predicted octanol–water partition coefficient (Wildman–Crippen LogP) is -2.98. The first-order valence-electron chi connectivity index (χ1n) is 12.7. The van der Waals surface area contributed by atoms with E-state index in [2.05, 4.69) is 9.97 Å². The Labute approximate surface area is 229 Å². The number of aromatic nitrogens is 2. The molecule has 3 aliphatic heterocycles. The number of rotatable bonds is 4. The first kappa shape index (κ1) is 26.0. The Morgan fingerprint density at radius 2 is 1.74 bits per heavy atom. The summed E-state index contributed by atoms with van der Waals surface area (Å²) in [5.41, 5.74) is 3.03. The highest BCUT2D eigenvalue weighted by Crippen LogP contribution is 2.39. The molecule has 5 heterocycles.